The van der Waals surface area contributed by atoms with Gasteiger partial charge in [-0.2, -0.15) is 0 Å². The molecule has 0 aliphatic heterocycles. The maximum atomic E-state index is 2.27. The largest absolute Gasteiger partial charge is 0.375 e. The monoisotopic (exact) mass is 177 g/mol. The zero-order chi connectivity index (χ0) is 9.84. The zero-order valence-corrected chi connectivity index (χ0v) is 9.09. The molecule has 1 nitrogen and oxygen atoms in total. The predicted octanol–water partition coefficient (Wildman–Crippen LogP) is 3.01. The van der Waals surface area contributed by atoms with Gasteiger partial charge in [0.15, 0.2) is 0 Å². The molecule has 1 aromatic carbocycles. The lowest BCUT2D eigenvalue weighted by Crippen LogP contribution is -2.15. The van der Waals surface area contributed by atoms with E-state index in [0.717, 1.165) is 13.0 Å². The highest BCUT2D eigenvalue weighted by molar-refractivity contribution is 5.50. The highest BCUT2D eigenvalue weighted by atomic mass is 15.1. The van der Waals surface area contributed by atoms with Gasteiger partial charge in [-0.25, -0.2) is 0 Å². The molecular formula is C12H19N. The van der Waals surface area contributed by atoms with Gasteiger partial charge in [0.05, 0.1) is 0 Å². The van der Waals surface area contributed by atoms with E-state index in [2.05, 4.69) is 50.9 Å². The van der Waals surface area contributed by atoms with Crippen LogP contribution in [0, 0.1) is 6.92 Å². The minimum atomic E-state index is 1.06. The van der Waals surface area contributed by atoms with Crippen LogP contribution in [0.3, 0.4) is 0 Å². The van der Waals surface area contributed by atoms with E-state index in [9.17, 15) is 0 Å². The lowest BCUT2D eigenvalue weighted by atomic mass is 10.1. The average Bonchev–Trinajstić information content (AvgIpc) is 2.15. The molecule has 1 heteroatoms. The van der Waals surface area contributed by atoms with Gasteiger partial charge in [-0.3, -0.25) is 0 Å². The summed E-state index contributed by atoms with van der Waals surface area (Å²) in [4.78, 5) is 2.27. The van der Waals surface area contributed by atoms with Crippen LogP contribution in [0.5, 0.6) is 0 Å². The quantitative estimate of drug-likeness (QED) is 0.686. The molecule has 0 aliphatic carbocycles. The molecule has 1 rings (SSSR count). The Labute approximate surface area is 81.4 Å². The summed E-state index contributed by atoms with van der Waals surface area (Å²) in [7, 11) is 2.13. The van der Waals surface area contributed by atoms with Crippen molar-refractivity contribution in [1.82, 2.24) is 0 Å². The molecule has 0 bridgehead atoms. The molecule has 0 aliphatic rings. The minimum Gasteiger partial charge on any atom is -0.375 e. The second kappa shape index (κ2) is 4.31. The van der Waals surface area contributed by atoms with Gasteiger partial charge < -0.3 is 4.90 Å². The van der Waals surface area contributed by atoms with E-state index in [-0.39, 0.29) is 0 Å². The number of hydrogen-bond donors (Lipinski definition) is 0. The van der Waals surface area contributed by atoms with Crippen LogP contribution >= 0.6 is 0 Å². The molecule has 0 fully saturated rings. The van der Waals surface area contributed by atoms with Gasteiger partial charge in [-0.15, -0.1) is 0 Å². The fraction of sp³-hybridized carbons (Fsp3) is 0.500. The van der Waals surface area contributed by atoms with Crippen LogP contribution in [0.25, 0.3) is 0 Å². The highest BCUT2D eigenvalue weighted by Crippen LogP contribution is 2.17. The number of aryl methyl sites for hydroxylation is 2. The standard InChI is InChI=1S/C12H19N/c1-5-11-7-10(3)8-12(9-11)13(4)6-2/h7-9H,5-6H2,1-4H3. The van der Waals surface area contributed by atoms with Gasteiger partial charge in [-0.05, 0) is 43.5 Å². The first-order valence-electron chi connectivity index (χ1n) is 4.99. The Morgan fingerprint density at radius 3 is 2.38 bits per heavy atom. The summed E-state index contributed by atoms with van der Waals surface area (Å²) in [6.45, 7) is 7.59. The van der Waals surface area contributed by atoms with Crippen LogP contribution in [-0.2, 0) is 6.42 Å². The number of hydrogen-bond acceptors (Lipinski definition) is 1. The van der Waals surface area contributed by atoms with Crippen molar-refractivity contribution in [2.45, 2.75) is 27.2 Å². The van der Waals surface area contributed by atoms with Gasteiger partial charge in [0.2, 0.25) is 0 Å². The smallest absolute Gasteiger partial charge is 0.0368 e. The van der Waals surface area contributed by atoms with Crippen molar-refractivity contribution in [2.24, 2.45) is 0 Å². The molecule has 0 radical (unpaired) electrons. The third kappa shape index (κ3) is 2.48. The number of rotatable bonds is 3. The van der Waals surface area contributed by atoms with Crippen molar-refractivity contribution in [3.8, 4) is 0 Å². The molecule has 0 heterocycles. The zero-order valence-electron chi connectivity index (χ0n) is 9.09. The molecular weight excluding hydrogens is 158 g/mol. The molecule has 0 N–H and O–H groups in total. The van der Waals surface area contributed by atoms with Crippen molar-refractivity contribution in [2.75, 3.05) is 18.5 Å². The minimum absolute atomic E-state index is 1.06. The summed E-state index contributed by atoms with van der Waals surface area (Å²) < 4.78 is 0. The summed E-state index contributed by atoms with van der Waals surface area (Å²) in [6.07, 6.45) is 1.12. The predicted molar refractivity (Wildman–Crippen MR) is 59.5 cm³/mol. The van der Waals surface area contributed by atoms with E-state index in [0.29, 0.717) is 0 Å². The van der Waals surface area contributed by atoms with Crippen molar-refractivity contribution < 1.29 is 0 Å². The Balaban J connectivity index is 3.01. The highest BCUT2D eigenvalue weighted by Gasteiger charge is 2.00. The average molecular weight is 177 g/mol. The number of benzene rings is 1. The van der Waals surface area contributed by atoms with Gasteiger partial charge in [0.25, 0.3) is 0 Å². The molecule has 0 atom stereocenters. The number of anilines is 1. The summed E-state index contributed by atoms with van der Waals surface area (Å²) >= 11 is 0. The maximum Gasteiger partial charge on any atom is 0.0368 e. The van der Waals surface area contributed by atoms with Crippen LogP contribution in [0.4, 0.5) is 5.69 Å². The maximum absolute atomic E-state index is 2.27. The Kier molecular flexibility index (Phi) is 3.35. The molecule has 1 aromatic rings. The third-order valence-corrected chi connectivity index (χ3v) is 2.45. The lowest BCUT2D eigenvalue weighted by molar-refractivity contribution is 0.962. The molecule has 0 amide bonds. The normalized spacial score (nSPS) is 10.2. The second-order valence-corrected chi connectivity index (χ2v) is 3.54. The Morgan fingerprint density at radius 2 is 1.85 bits per heavy atom. The fourth-order valence-electron chi connectivity index (χ4n) is 1.45. The van der Waals surface area contributed by atoms with Crippen LogP contribution in [-0.4, -0.2) is 13.6 Å². The Hall–Kier alpha value is -0.980. The summed E-state index contributed by atoms with van der Waals surface area (Å²) in [5.41, 5.74) is 4.12. The summed E-state index contributed by atoms with van der Waals surface area (Å²) in [5.74, 6) is 0. The van der Waals surface area contributed by atoms with Gasteiger partial charge in [0, 0.05) is 19.3 Å². The van der Waals surface area contributed by atoms with Crippen molar-refractivity contribution in [3.63, 3.8) is 0 Å². The molecule has 0 saturated carbocycles. The van der Waals surface area contributed by atoms with Crippen LogP contribution in [0.1, 0.15) is 25.0 Å². The second-order valence-electron chi connectivity index (χ2n) is 3.54. The van der Waals surface area contributed by atoms with Gasteiger partial charge in [-0.1, -0.05) is 13.0 Å². The van der Waals surface area contributed by atoms with Gasteiger partial charge >= 0.3 is 0 Å². The third-order valence-electron chi connectivity index (χ3n) is 2.45. The first-order valence-corrected chi connectivity index (χ1v) is 4.99. The van der Waals surface area contributed by atoms with Gasteiger partial charge in [0.1, 0.15) is 0 Å². The summed E-state index contributed by atoms with van der Waals surface area (Å²) in [5, 5.41) is 0. The van der Waals surface area contributed by atoms with Crippen molar-refractivity contribution in [1.29, 1.82) is 0 Å². The Bertz CT molecular complexity index is 278. The van der Waals surface area contributed by atoms with Crippen molar-refractivity contribution >= 4 is 5.69 Å². The Morgan fingerprint density at radius 1 is 1.15 bits per heavy atom. The molecule has 13 heavy (non-hydrogen) atoms. The van der Waals surface area contributed by atoms with Crippen LogP contribution in [0.15, 0.2) is 18.2 Å². The fourth-order valence-corrected chi connectivity index (χ4v) is 1.45. The number of nitrogens with zero attached hydrogens (tertiary/aromatic N) is 1. The van der Waals surface area contributed by atoms with E-state index in [4.69, 9.17) is 0 Å². The van der Waals surface area contributed by atoms with E-state index in [1.807, 2.05) is 0 Å². The van der Waals surface area contributed by atoms with E-state index in [1.54, 1.807) is 0 Å². The van der Waals surface area contributed by atoms with E-state index >= 15 is 0 Å². The van der Waals surface area contributed by atoms with Crippen LogP contribution in [0.2, 0.25) is 0 Å². The van der Waals surface area contributed by atoms with Crippen LogP contribution < -0.4 is 4.90 Å². The molecule has 72 valence electrons. The molecule has 0 aromatic heterocycles. The molecule has 0 unspecified atom stereocenters. The first-order chi connectivity index (χ1) is 6.17. The summed E-state index contributed by atoms with van der Waals surface area (Å²) in [6, 6.07) is 6.77. The van der Waals surface area contributed by atoms with E-state index < -0.39 is 0 Å². The molecule has 0 spiro atoms. The topological polar surface area (TPSA) is 3.24 Å². The van der Waals surface area contributed by atoms with Crippen molar-refractivity contribution in [3.05, 3.63) is 29.3 Å². The SMILES string of the molecule is CCc1cc(C)cc(N(C)CC)c1. The first kappa shape index (κ1) is 10.1. The van der Waals surface area contributed by atoms with E-state index in [1.165, 1.54) is 16.8 Å². The molecule has 0 saturated heterocycles. The lowest BCUT2D eigenvalue weighted by Gasteiger charge is -2.18.